The van der Waals surface area contributed by atoms with Crippen LogP contribution in [-0.4, -0.2) is 0 Å². The van der Waals surface area contributed by atoms with Gasteiger partial charge in [0.05, 0.1) is 0 Å². The molecule has 0 N–H and O–H groups in total. The summed E-state index contributed by atoms with van der Waals surface area (Å²) in [6, 6.07) is 66.7. The van der Waals surface area contributed by atoms with Crippen LogP contribution in [0.25, 0.3) is 119 Å². The Kier molecular flexibility index (Phi) is 6.28. The summed E-state index contributed by atoms with van der Waals surface area (Å²) in [5.74, 6) is 0. The zero-order valence-electron chi connectivity index (χ0n) is 29.1. The normalized spacial score (nSPS) is 12.1. The summed E-state index contributed by atoms with van der Waals surface area (Å²) in [5, 5.41) is 14.9. The number of rotatable bonds is 3. The van der Waals surface area contributed by atoms with Crippen LogP contribution in [-0.2, 0) is 0 Å². The molecule has 10 aromatic carbocycles. The highest BCUT2D eigenvalue weighted by Crippen LogP contribution is 2.48. The van der Waals surface area contributed by atoms with E-state index in [9.17, 15) is 0 Å². The highest BCUT2D eigenvalue weighted by molar-refractivity contribution is 7.26. The van der Waals surface area contributed by atoms with Crippen LogP contribution in [0.5, 0.6) is 0 Å². The van der Waals surface area contributed by atoms with Gasteiger partial charge in [0.2, 0.25) is 0 Å². The third-order valence-corrected chi connectivity index (χ3v) is 12.7. The zero-order valence-corrected chi connectivity index (χ0v) is 30.0. The second-order valence-electron chi connectivity index (χ2n) is 14.3. The number of fused-ring (bicyclic) bond motifs is 12. The van der Waals surface area contributed by atoms with Crippen molar-refractivity contribution >= 4 is 96.5 Å². The van der Waals surface area contributed by atoms with Gasteiger partial charge in [-0.3, -0.25) is 0 Å². The van der Waals surface area contributed by atoms with Gasteiger partial charge in [-0.2, -0.15) is 0 Å². The van der Waals surface area contributed by atoms with Gasteiger partial charge < -0.3 is 4.42 Å². The van der Waals surface area contributed by atoms with Gasteiger partial charge in [0.25, 0.3) is 0 Å². The van der Waals surface area contributed by atoms with E-state index in [0.717, 1.165) is 11.2 Å². The van der Waals surface area contributed by atoms with E-state index in [1.807, 2.05) is 17.4 Å². The van der Waals surface area contributed by atoms with Crippen LogP contribution in [0.15, 0.2) is 186 Å². The second kappa shape index (κ2) is 11.4. The van der Waals surface area contributed by atoms with Crippen molar-refractivity contribution in [1.82, 2.24) is 0 Å². The first kappa shape index (κ1) is 29.8. The van der Waals surface area contributed by atoms with E-state index >= 15 is 0 Å². The summed E-state index contributed by atoms with van der Waals surface area (Å²) < 4.78 is 9.05. The minimum Gasteiger partial charge on any atom is -0.455 e. The van der Waals surface area contributed by atoms with E-state index in [0.29, 0.717) is 0 Å². The van der Waals surface area contributed by atoms with Crippen LogP contribution >= 0.6 is 11.3 Å². The van der Waals surface area contributed by atoms with Crippen molar-refractivity contribution in [2.45, 2.75) is 0 Å². The molecule has 54 heavy (non-hydrogen) atoms. The molecule has 0 saturated carbocycles. The molecule has 0 radical (unpaired) electrons. The minimum atomic E-state index is 0.939. The molecular formula is C52H30OS. The first-order valence-electron chi connectivity index (χ1n) is 18.5. The first-order chi connectivity index (χ1) is 26.8. The number of hydrogen-bond acceptors (Lipinski definition) is 2. The molecule has 2 heterocycles. The first-order valence-corrected chi connectivity index (χ1v) is 19.3. The number of benzene rings is 10. The van der Waals surface area contributed by atoms with Gasteiger partial charge in [0, 0.05) is 30.9 Å². The van der Waals surface area contributed by atoms with Crippen molar-refractivity contribution < 1.29 is 4.42 Å². The third-order valence-electron chi connectivity index (χ3n) is 11.5. The summed E-state index contributed by atoms with van der Waals surface area (Å²) in [4.78, 5) is 0. The number of thiophene rings is 1. The predicted molar refractivity (Wildman–Crippen MR) is 233 cm³/mol. The lowest BCUT2D eigenvalue weighted by molar-refractivity contribution is 0.673. The van der Waals surface area contributed by atoms with Gasteiger partial charge in [-0.15, -0.1) is 11.3 Å². The maximum Gasteiger partial charge on any atom is 0.144 e. The maximum atomic E-state index is 6.48. The predicted octanol–water partition coefficient (Wildman–Crippen LogP) is 15.6. The average Bonchev–Trinajstić information content (AvgIpc) is 3.81. The third kappa shape index (κ3) is 4.20. The minimum absolute atomic E-state index is 0.939. The SMILES string of the molecule is c1ccc(-c2c3ccccc3c(-c3ccc(-c4ccc5c(ccc6c5sc5ccc7c8ccccc8oc7c56)c4)c4ccccc34)c3ccccc23)cc1. The van der Waals surface area contributed by atoms with Crippen molar-refractivity contribution in [3.63, 3.8) is 0 Å². The van der Waals surface area contributed by atoms with Crippen LogP contribution in [0.4, 0.5) is 0 Å². The van der Waals surface area contributed by atoms with Crippen molar-refractivity contribution in [2.24, 2.45) is 0 Å². The molecule has 0 saturated heterocycles. The van der Waals surface area contributed by atoms with Gasteiger partial charge >= 0.3 is 0 Å². The smallest absolute Gasteiger partial charge is 0.144 e. The molecule has 0 atom stereocenters. The van der Waals surface area contributed by atoms with Crippen molar-refractivity contribution in [3.05, 3.63) is 182 Å². The fourth-order valence-corrected chi connectivity index (χ4v) is 10.3. The Bertz CT molecular complexity index is 3440. The van der Waals surface area contributed by atoms with E-state index < -0.39 is 0 Å². The largest absolute Gasteiger partial charge is 0.455 e. The highest BCUT2D eigenvalue weighted by Gasteiger charge is 2.20. The van der Waals surface area contributed by atoms with E-state index in [2.05, 4.69) is 176 Å². The summed E-state index contributed by atoms with van der Waals surface area (Å²) in [5.41, 5.74) is 9.46. The van der Waals surface area contributed by atoms with E-state index in [1.54, 1.807) is 0 Å². The Balaban J connectivity index is 1.06. The van der Waals surface area contributed by atoms with Crippen LogP contribution < -0.4 is 0 Å². The van der Waals surface area contributed by atoms with Gasteiger partial charge in [0.15, 0.2) is 0 Å². The quantitative estimate of drug-likeness (QED) is 0.167. The molecule has 2 heteroatoms. The molecule has 12 aromatic rings. The van der Waals surface area contributed by atoms with Crippen LogP contribution in [0.1, 0.15) is 0 Å². The van der Waals surface area contributed by atoms with E-state index in [4.69, 9.17) is 4.42 Å². The Morgan fingerprint density at radius 2 is 0.926 bits per heavy atom. The van der Waals surface area contributed by atoms with E-state index in [-0.39, 0.29) is 0 Å². The van der Waals surface area contributed by atoms with Crippen LogP contribution in [0, 0.1) is 0 Å². The highest BCUT2D eigenvalue weighted by atomic mass is 32.1. The lowest BCUT2D eigenvalue weighted by Crippen LogP contribution is -1.92. The number of furan rings is 1. The molecule has 0 amide bonds. The Morgan fingerprint density at radius 3 is 1.67 bits per heavy atom. The summed E-state index contributed by atoms with van der Waals surface area (Å²) in [7, 11) is 0. The van der Waals surface area contributed by atoms with Gasteiger partial charge in [-0.25, -0.2) is 0 Å². The summed E-state index contributed by atoms with van der Waals surface area (Å²) >= 11 is 1.86. The molecule has 0 aliphatic heterocycles. The zero-order chi connectivity index (χ0) is 35.3. The van der Waals surface area contributed by atoms with Crippen molar-refractivity contribution in [3.8, 4) is 33.4 Å². The van der Waals surface area contributed by atoms with Gasteiger partial charge in [-0.05, 0) is 101 Å². The molecule has 12 rings (SSSR count). The molecule has 0 unspecified atom stereocenters. The topological polar surface area (TPSA) is 13.1 Å². The van der Waals surface area contributed by atoms with Gasteiger partial charge in [-0.1, -0.05) is 158 Å². The molecule has 2 aromatic heterocycles. The van der Waals surface area contributed by atoms with Crippen LogP contribution in [0.3, 0.4) is 0 Å². The van der Waals surface area contributed by atoms with Crippen molar-refractivity contribution in [1.29, 1.82) is 0 Å². The fourth-order valence-electron chi connectivity index (χ4n) is 9.10. The molecule has 1 nitrogen and oxygen atoms in total. The standard InChI is InChI=1S/C52H30OS/c1-2-12-31(13-3-1)48-39-17-6-8-19-41(39)49(42-20-9-7-18-40(42)48)43-27-26-34(36-14-4-5-15-37(36)43)32-22-24-35-33(30-32)23-25-45-50-47(54-52(35)45)29-28-44-38-16-10-11-21-46(38)53-51(44)50/h1-30H. The molecule has 0 fully saturated rings. The number of hydrogen-bond donors (Lipinski definition) is 0. The van der Waals surface area contributed by atoms with Gasteiger partial charge in [0.1, 0.15) is 11.2 Å². The maximum absolute atomic E-state index is 6.48. The Morgan fingerprint density at radius 1 is 0.352 bits per heavy atom. The monoisotopic (exact) mass is 702 g/mol. The molecular weight excluding hydrogens is 673 g/mol. The molecule has 0 aliphatic rings. The van der Waals surface area contributed by atoms with E-state index in [1.165, 1.54) is 107 Å². The van der Waals surface area contributed by atoms with Crippen LogP contribution in [0.2, 0.25) is 0 Å². The molecule has 0 bridgehead atoms. The summed E-state index contributed by atoms with van der Waals surface area (Å²) in [6.07, 6.45) is 0. The Hall–Kier alpha value is -6.74. The summed E-state index contributed by atoms with van der Waals surface area (Å²) in [6.45, 7) is 0. The lowest BCUT2D eigenvalue weighted by Gasteiger charge is -2.19. The van der Waals surface area contributed by atoms with Crippen molar-refractivity contribution in [2.75, 3.05) is 0 Å². The fraction of sp³-hybridized carbons (Fsp3) is 0. The lowest BCUT2D eigenvalue weighted by atomic mass is 9.84. The molecule has 250 valence electrons. The average molecular weight is 703 g/mol. The molecule has 0 spiro atoms. The second-order valence-corrected chi connectivity index (χ2v) is 15.4. The number of para-hydroxylation sites is 1. The molecule has 0 aliphatic carbocycles. The Labute approximate surface area is 314 Å².